The highest BCUT2D eigenvalue weighted by atomic mass is 79.9. The molecule has 2 N–H and O–H groups in total. The lowest BCUT2D eigenvalue weighted by Crippen LogP contribution is -2.45. The van der Waals surface area contributed by atoms with Crippen LogP contribution in [0.3, 0.4) is 0 Å². The number of benzene rings is 2. The number of nitrogen functional groups attached to an aromatic ring is 1. The smallest absolute Gasteiger partial charge is 0.251 e. The Kier molecular flexibility index (Phi) is 5.53. The number of alkyl halides is 2. The Morgan fingerprint density at radius 3 is 2.62 bits per heavy atom. The highest BCUT2D eigenvalue weighted by Crippen LogP contribution is 2.43. The van der Waals surface area contributed by atoms with Gasteiger partial charge in [-0.25, -0.2) is 8.78 Å². The van der Waals surface area contributed by atoms with Crippen molar-refractivity contribution in [3.8, 4) is 5.75 Å². The van der Waals surface area contributed by atoms with Gasteiger partial charge in [0.25, 0.3) is 6.43 Å². The summed E-state index contributed by atoms with van der Waals surface area (Å²) in [6.07, 6.45) is -1.70. The topological polar surface area (TPSA) is 38.5 Å². The van der Waals surface area contributed by atoms with Gasteiger partial charge in [0.15, 0.2) is 0 Å². The van der Waals surface area contributed by atoms with E-state index in [2.05, 4.69) is 15.9 Å². The van der Waals surface area contributed by atoms with Crippen LogP contribution in [0.2, 0.25) is 0 Å². The van der Waals surface area contributed by atoms with Crippen molar-refractivity contribution in [1.29, 1.82) is 0 Å². The molecule has 26 heavy (non-hydrogen) atoms. The predicted molar refractivity (Wildman–Crippen MR) is 104 cm³/mol. The van der Waals surface area contributed by atoms with Crippen LogP contribution in [0.5, 0.6) is 5.75 Å². The molecule has 0 aliphatic carbocycles. The lowest BCUT2D eigenvalue weighted by atomic mass is 9.82. The Bertz CT molecular complexity index is 813. The monoisotopic (exact) mass is 424 g/mol. The van der Waals surface area contributed by atoms with Gasteiger partial charge >= 0.3 is 0 Å². The maximum Gasteiger partial charge on any atom is 0.251 e. The number of halogens is 3. The van der Waals surface area contributed by atoms with Crippen LogP contribution < -0.4 is 10.5 Å². The molecule has 0 amide bonds. The van der Waals surface area contributed by atoms with Crippen molar-refractivity contribution in [2.75, 3.05) is 19.4 Å². The van der Waals surface area contributed by atoms with Gasteiger partial charge in [-0.1, -0.05) is 28.1 Å². The summed E-state index contributed by atoms with van der Waals surface area (Å²) in [4.78, 5) is 1.87. The van der Waals surface area contributed by atoms with Crippen LogP contribution in [-0.4, -0.2) is 31.0 Å². The third kappa shape index (κ3) is 3.45. The Morgan fingerprint density at radius 1 is 1.27 bits per heavy atom. The van der Waals surface area contributed by atoms with Crippen LogP contribution in [0.15, 0.2) is 34.8 Å². The van der Waals surface area contributed by atoms with E-state index in [1.807, 2.05) is 49.1 Å². The first kappa shape index (κ1) is 19.1. The zero-order valence-corrected chi connectivity index (χ0v) is 16.7. The molecule has 1 aliphatic rings. The first-order valence-electron chi connectivity index (χ1n) is 8.58. The zero-order chi connectivity index (χ0) is 19.0. The summed E-state index contributed by atoms with van der Waals surface area (Å²) in [5.41, 5.74) is 10.9. The Morgan fingerprint density at radius 2 is 1.96 bits per heavy atom. The zero-order valence-electron chi connectivity index (χ0n) is 15.1. The normalized spacial score (nSPS) is 20.3. The van der Waals surface area contributed by atoms with Crippen LogP contribution in [0, 0.1) is 6.92 Å². The van der Waals surface area contributed by atoms with E-state index in [1.165, 1.54) is 0 Å². The average Bonchev–Trinajstić information content (AvgIpc) is 2.59. The Labute approximate surface area is 161 Å². The number of fused-ring (bicyclic) bond motifs is 1. The van der Waals surface area contributed by atoms with Crippen molar-refractivity contribution in [3.63, 3.8) is 0 Å². The minimum absolute atomic E-state index is 0.0321. The molecule has 0 fully saturated rings. The maximum atomic E-state index is 13.3. The Balaban J connectivity index is 2.22. The lowest BCUT2D eigenvalue weighted by molar-refractivity contribution is 0.0457. The molecular formula is C20H23BrF2N2O. The van der Waals surface area contributed by atoms with Crippen molar-refractivity contribution < 1.29 is 13.5 Å². The van der Waals surface area contributed by atoms with E-state index >= 15 is 0 Å². The summed E-state index contributed by atoms with van der Waals surface area (Å²) in [6.45, 7) is 3.71. The number of nitrogens with zero attached hydrogens (tertiary/aromatic N) is 1. The SMILES string of the molecule is COc1cc(Br)ccc1C1c2ccc(N)c(C)c2C[C@@H](C)N1CC(F)F. The van der Waals surface area contributed by atoms with E-state index in [0.717, 1.165) is 32.4 Å². The van der Waals surface area contributed by atoms with Crippen molar-refractivity contribution in [2.45, 2.75) is 38.8 Å². The summed E-state index contributed by atoms with van der Waals surface area (Å²) < 4.78 is 33.1. The molecule has 0 radical (unpaired) electrons. The fourth-order valence-corrected chi connectivity index (χ4v) is 4.21. The van der Waals surface area contributed by atoms with Gasteiger partial charge in [-0.3, -0.25) is 4.90 Å². The minimum atomic E-state index is -2.40. The number of ether oxygens (including phenoxy) is 1. The van der Waals surface area contributed by atoms with Crippen LogP contribution in [0.1, 0.15) is 35.2 Å². The summed E-state index contributed by atoms with van der Waals surface area (Å²) in [7, 11) is 1.60. The molecule has 0 saturated heterocycles. The van der Waals surface area contributed by atoms with Gasteiger partial charge in [0.2, 0.25) is 0 Å². The van der Waals surface area contributed by atoms with Crippen LogP contribution >= 0.6 is 15.9 Å². The van der Waals surface area contributed by atoms with Gasteiger partial charge in [0.1, 0.15) is 5.75 Å². The van der Waals surface area contributed by atoms with E-state index in [1.54, 1.807) is 7.11 Å². The second-order valence-corrected chi connectivity index (χ2v) is 7.69. The lowest BCUT2D eigenvalue weighted by Gasteiger charge is -2.43. The molecule has 2 aromatic rings. The highest BCUT2D eigenvalue weighted by Gasteiger charge is 2.37. The van der Waals surface area contributed by atoms with Gasteiger partial charge in [-0.05, 0) is 55.2 Å². The molecule has 1 aliphatic heterocycles. The maximum absolute atomic E-state index is 13.3. The van der Waals surface area contributed by atoms with E-state index in [9.17, 15) is 8.78 Å². The summed E-state index contributed by atoms with van der Waals surface area (Å²) in [6, 6.07) is 9.23. The molecule has 140 valence electrons. The standard InChI is InChI=1S/C20H23BrF2N2O/c1-11-8-16-12(2)17(24)7-6-14(16)20(25(11)10-19(22)23)15-5-4-13(21)9-18(15)26-3/h4-7,9,11,19-20H,8,10,24H2,1-3H3/t11-,20?/m1/s1. The molecule has 2 aromatic carbocycles. The van der Waals surface area contributed by atoms with Crippen molar-refractivity contribution in [2.24, 2.45) is 0 Å². The molecule has 2 atom stereocenters. The number of hydrogen-bond acceptors (Lipinski definition) is 3. The average molecular weight is 425 g/mol. The number of anilines is 1. The molecule has 3 nitrogen and oxygen atoms in total. The molecule has 1 unspecified atom stereocenters. The van der Waals surface area contributed by atoms with Gasteiger partial charge < -0.3 is 10.5 Å². The molecule has 0 saturated carbocycles. The summed E-state index contributed by atoms with van der Waals surface area (Å²) >= 11 is 3.45. The molecular weight excluding hydrogens is 402 g/mol. The van der Waals surface area contributed by atoms with Crippen molar-refractivity contribution in [1.82, 2.24) is 4.90 Å². The quantitative estimate of drug-likeness (QED) is 0.705. The highest BCUT2D eigenvalue weighted by molar-refractivity contribution is 9.10. The van der Waals surface area contributed by atoms with Gasteiger partial charge in [0, 0.05) is 21.8 Å². The molecule has 6 heteroatoms. The third-order valence-corrected chi connectivity index (χ3v) is 5.70. The second kappa shape index (κ2) is 7.53. The first-order valence-corrected chi connectivity index (χ1v) is 9.38. The number of hydrogen-bond donors (Lipinski definition) is 1. The summed E-state index contributed by atoms with van der Waals surface area (Å²) in [5.74, 6) is 0.679. The van der Waals surface area contributed by atoms with Crippen LogP contribution in [0.25, 0.3) is 0 Å². The first-order chi connectivity index (χ1) is 12.3. The largest absolute Gasteiger partial charge is 0.496 e. The molecule has 0 bridgehead atoms. The fourth-order valence-electron chi connectivity index (χ4n) is 3.87. The van der Waals surface area contributed by atoms with Gasteiger partial charge in [-0.15, -0.1) is 0 Å². The van der Waals surface area contributed by atoms with Gasteiger partial charge in [0.05, 0.1) is 19.7 Å². The van der Waals surface area contributed by atoms with Crippen LogP contribution in [-0.2, 0) is 6.42 Å². The second-order valence-electron chi connectivity index (χ2n) is 6.78. The van der Waals surface area contributed by atoms with Crippen LogP contribution in [0.4, 0.5) is 14.5 Å². The Hall–Kier alpha value is -1.66. The third-order valence-electron chi connectivity index (χ3n) is 5.21. The van der Waals surface area contributed by atoms with E-state index in [-0.39, 0.29) is 18.6 Å². The molecule has 1 heterocycles. The minimum Gasteiger partial charge on any atom is -0.496 e. The number of nitrogens with two attached hydrogens (primary N) is 1. The molecule has 0 aromatic heterocycles. The fraction of sp³-hybridized carbons (Fsp3) is 0.400. The van der Waals surface area contributed by atoms with Crippen molar-refractivity contribution in [3.05, 3.63) is 57.1 Å². The van der Waals surface area contributed by atoms with E-state index in [0.29, 0.717) is 12.2 Å². The summed E-state index contributed by atoms with van der Waals surface area (Å²) in [5, 5.41) is 0. The number of methoxy groups -OCH3 is 1. The van der Waals surface area contributed by atoms with E-state index < -0.39 is 6.43 Å². The van der Waals surface area contributed by atoms with Crippen molar-refractivity contribution >= 4 is 21.6 Å². The molecule has 3 rings (SSSR count). The van der Waals surface area contributed by atoms with E-state index in [4.69, 9.17) is 10.5 Å². The predicted octanol–water partition coefficient (Wildman–Crippen LogP) is 4.95. The number of rotatable bonds is 4. The van der Waals surface area contributed by atoms with Gasteiger partial charge in [-0.2, -0.15) is 0 Å². The molecule has 0 spiro atoms.